The Morgan fingerprint density at radius 1 is 0.962 bits per heavy atom. The zero-order chi connectivity index (χ0) is 18.9. The van der Waals surface area contributed by atoms with Gasteiger partial charge in [0.25, 0.3) is 0 Å². The molecule has 0 fully saturated rings. The summed E-state index contributed by atoms with van der Waals surface area (Å²) >= 11 is 11.9. The monoisotopic (exact) mass is 400 g/mol. The van der Waals surface area contributed by atoms with Gasteiger partial charge in [0.15, 0.2) is 0 Å². The largest absolute Gasteiger partial charge is 0.416 e. The summed E-state index contributed by atoms with van der Waals surface area (Å²) in [4.78, 5) is 0. The first kappa shape index (κ1) is 18.8. The van der Waals surface area contributed by atoms with Gasteiger partial charge in [0.2, 0.25) is 0 Å². The van der Waals surface area contributed by atoms with Crippen molar-refractivity contribution < 1.29 is 18.3 Å². The van der Waals surface area contributed by atoms with Crippen LogP contribution in [0.5, 0.6) is 0 Å². The first-order chi connectivity index (χ1) is 12.3. The van der Waals surface area contributed by atoms with Crippen LogP contribution in [-0.2, 0) is 19.3 Å². The fourth-order valence-corrected chi connectivity index (χ4v) is 2.86. The van der Waals surface area contributed by atoms with Crippen molar-refractivity contribution in [1.29, 1.82) is 0 Å². The van der Waals surface area contributed by atoms with Crippen LogP contribution in [0.3, 0.4) is 0 Å². The molecule has 0 bridgehead atoms. The van der Waals surface area contributed by atoms with Crippen molar-refractivity contribution >= 4 is 23.2 Å². The molecular formula is C18H13Cl2F3N2O. The van der Waals surface area contributed by atoms with Crippen LogP contribution in [0.15, 0.2) is 48.5 Å². The van der Waals surface area contributed by atoms with Gasteiger partial charge in [0.05, 0.1) is 40.1 Å². The Labute approximate surface area is 157 Å². The van der Waals surface area contributed by atoms with Gasteiger partial charge in [0, 0.05) is 0 Å². The highest BCUT2D eigenvalue weighted by Gasteiger charge is 2.30. The number of hydrogen-bond acceptors (Lipinski definition) is 2. The predicted molar refractivity (Wildman–Crippen MR) is 94.2 cm³/mol. The molecule has 0 radical (unpaired) electrons. The highest BCUT2D eigenvalue weighted by molar-refractivity contribution is 6.42. The third kappa shape index (κ3) is 4.03. The number of alkyl halides is 3. The molecule has 3 rings (SSSR count). The van der Waals surface area contributed by atoms with Gasteiger partial charge < -0.3 is 5.11 Å². The SMILES string of the molecule is OCc1cc(-c2ccc(C(F)(F)F)cc2)n(Cc2ccc(Cl)c(Cl)c2)n1. The number of nitrogens with zero attached hydrogens (tertiary/aromatic N) is 2. The normalized spacial score (nSPS) is 11.8. The van der Waals surface area contributed by atoms with E-state index in [0.29, 0.717) is 33.5 Å². The summed E-state index contributed by atoms with van der Waals surface area (Å²) in [6.45, 7) is 0.0508. The van der Waals surface area contributed by atoms with Crippen LogP contribution in [0.2, 0.25) is 10.0 Å². The zero-order valence-electron chi connectivity index (χ0n) is 13.3. The number of aliphatic hydroxyl groups excluding tert-OH is 1. The second-order valence-corrected chi connectivity index (χ2v) is 6.47. The van der Waals surface area contributed by atoms with E-state index in [-0.39, 0.29) is 6.61 Å². The molecule has 0 spiro atoms. The van der Waals surface area contributed by atoms with Crippen molar-refractivity contribution in [1.82, 2.24) is 9.78 Å². The van der Waals surface area contributed by atoms with E-state index < -0.39 is 11.7 Å². The minimum atomic E-state index is -4.39. The third-order valence-electron chi connectivity index (χ3n) is 3.82. The van der Waals surface area contributed by atoms with Gasteiger partial charge in [-0.15, -0.1) is 0 Å². The van der Waals surface area contributed by atoms with Crippen molar-refractivity contribution in [3.05, 3.63) is 75.4 Å². The fourth-order valence-electron chi connectivity index (χ4n) is 2.54. The Kier molecular flexibility index (Phi) is 5.27. The van der Waals surface area contributed by atoms with Crippen LogP contribution in [0.1, 0.15) is 16.8 Å². The summed E-state index contributed by atoms with van der Waals surface area (Å²) in [6.07, 6.45) is -4.39. The van der Waals surface area contributed by atoms with Crippen molar-refractivity contribution in [2.24, 2.45) is 0 Å². The number of benzene rings is 2. The molecule has 3 aromatic rings. The second kappa shape index (κ2) is 7.31. The number of halogens is 5. The summed E-state index contributed by atoms with van der Waals surface area (Å²) in [6, 6.07) is 11.6. The average molecular weight is 401 g/mol. The second-order valence-electron chi connectivity index (χ2n) is 5.66. The first-order valence-electron chi connectivity index (χ1n) is 7.57. The van der Waals surface area contributed by atoms with Crippen LogP contribution in [-0.4, -0.2) is 14.9 Å². The zero-order valence-corrected chi connectivity index (χ0v) is 14.8. The van der Waals surface area contributed by atoms with Gasteiger partial charge in [0.1, 0.15) is 0 Å². The highest BCUT2D eigenvalue weighted by atomic mass is 35.5. The lowest BCUT2D eigenvalue weighted by molar-refractivity contribution is -0.137. The molecule has 1 N–H and O–H groups in total. The lowest BCUT2D eigenvalue weighted by atomic mass is 10.1. The van der Waals surface area contributed by atoms with Crippen LogP contribution in [0.25, 0.3) is 11.3 Å². The minimum absolute atomic E-state index is 0.276. The van der Waals surface area contributed by atoms with Crippen molar-refractivity contribution in [3.8, 4) is 11.3 Å². The third-order valence-corrected chi connectivity index (χ3v) is 4.56. The topological polar surface area (TPSA) is 38.0 Å². The Hall–Kier alpha value is -2.02. The van der Waals surface area contributed by atoms with E-state index in [1.54, 1.807) is 28.9 Å². The molecule has 0 aliphatic rings. The van der Waals surface area contributed by atoms with E-state index in [1.165, 1.54) is 12.1 Å². The van der Waals surface area contributed by atoms with Crippen LogP contribution < -0.4 is 0 Å². The van der Waals surface area contributed by atoms with Gasteiger partial charge in [-0.25, -0.2) is 0 Å². The van der Waals surface area contributed by atoms with Gasteiger partial charge in [-0.05, 0) is 41.5 Å². The molecule has 136 valence electrons. The standard InChI is InChI=1S/C18H13Cl2F3N2O/c19-15-6-1-11(7-16(15)20)9-25-17(8-14(10-26)24-25)12-2-4-13(5-3-12)18(21,22)23/h1-8,26H,9-10H2. The lowest BCUT2D eigenvalue weighted by Gasteiger charge is -2.10. The molecule has 0 atom stereocenters. The molecule has 0 aliphatic heterocycles. The quantitative estimate of drug-likeness (QED) is 0.635. The van der Waals surface area contributed by atoms with Gasteiger partial charge in [-0.1, -0.05) is 41.4 Å². The van der Waals surface area contributed by atoms with Crippen molar-refractivity contribution in [2.75, 3.05) is 0 Å². The van der Waals surface area contributed by atoms with Gasteiger partial charge >= 0.3 is 6.18 Å². The molecule has 26 heavy (non-hydrogen) atoms. The molecule has 8 heteroatoms. The van der Waals surface area contributed by atoms with Crippen LogP contribution in [0, 0.1) is 0 Å². The maximum atomic E-state index is 12.7. The molecular weight excluding hydrogens is 388 g/mol. The molecule has 0 aliphatic carbocycles. The molecule has 2 aromatic carbocycles. The molecule has 3 nitrogen and oxygen atoms in total. The molecule has 0 amide bonds. The Morgan fingerprint density at radius 3 is 2.23 bits per heavy atom. The van der Waals surface area contributed by atoms with E-state index >= 15 is 0 Å². The molecule has 0 saturated heterocycles. The predicted octanol–water partition coefficient (Wildman–Crippen LogP) is 5.42. The Morgan fingerprint density at radius 2 is 1.65 bits per heavy atom. The van der Waals surface area contributed by atoms with Crippen LogP contribution >= 0.6 is 23.2 Å². The van der Waals surface area contributed by atoms with E-state index in [1.807, 2.05) is 0 Å². The first-order valence-corrected chi connectivity index (χ1v) is 8.32. The Balaban J connectivity index is 1.97. The Bertz CT molecular complexity index is 921. The fraction of sp³-hybridized carbons (Fsp3) is 0.167. The molecule has 0 saturated carbocycles. The van der Waals surface area contributed by atoms with Gasteiger partial charge in [-0.2, -0.15) is 18.3 Å². The summed E-state index contributed by atoms with van der Waals surface area (Å²) in [5, 5.41) is 14.5. The molecule has 1 aromatic heterocycles. The number of aromatic nitrogens is 2. The maximum Gasteiger partial charge on any atom is 0.416 e. The smallest absolute Gasteiger partial charge is 0.390 e. The number of hydrogen-bond donors (Lipinski definition) is 1. The van der Waals surface area contributed by atoms with Crippen molar-refractivity contribution in [2.45, 2.75) is 19.3 Å². The molecule has 0 unspecified atom stereocenters. The summed E-state index contributed by atoms with van der Waals surface area (Å²) in [5.41, 5.74) is 1.67. The summed E-state index contributed by atoms with van der Waals surface area (Å²) < 4.78 is 39.8. The highest BCUT2D eigenvalue weighted by Crippen LogP contribution is 2.31. The average Bonchev–Trinajstić information content (AvgIpc) is 3.00. The van der Waals surface area contributed by atoms with Crippen molar-refractivity contribution in [3.63, 3.8) is 0 Å². The van der Waals surface area contributed by atoms with E-state index in [9.17, 15) is 18.3 Å². The van der Waals surface area contributed by atoms with E-state index in [2.05, 4.69) is 5.10 Å². The lowest BCUT2D eigenvalue weighted by Crippen LogP contribution is -2.06. The summed E-state index contributed by atoms with van der Waals surface area (Å²) in [5.74, 6) is 0. The number of aliphatic hydroxyl groups is 1. The van der Waals surface area contributed by atoms with Crippen LogP contribution in [0.4, 0.5) is 13.2 Å². The maximum absolute atomic E-state index is 12.7. The number of rotatable bonds is 4. The minimum Gasteiger partial charge on any atom is -0.390 e. The van der Waals surface area contributed by atoms with E-state index in [4.69, 9.17) is 23.2 Å². The van der Waals surface area contributed by atoms with E-state index in [0.717, 1.165) is 17.7 Å². The summed E-state index contributed by atoms with van der Waals surface area (Å²) in [7, 11) is 0. The molecule has 1 heterocycles. The van der Waals surface area contributed by atoms with Gasteiger partial charge in [-0.3, -0.25) is 4.68 Å².